The van der Waals surface area contributed by atoms with Gasteiger partial charge in [0.25, 0.3) is 0 Å². The summed E-state index contributed by atoms with van der Waals surface area (Å²) in [6.45, 7) is 18.5. The van der Waals surface area contributed by atoms with Crippen LogP contribution in [0.25, 0.3) is 6.08 Å². The summed E-state index contributed by atoms with van der Waals surface area (Å²) in [5.74, 6) is 2.18. The van der Waals surface area contributed by atoms with Gasteiger partial charge in [0.2, 0.25) is 0 Å². The minimum atomic E-state index is -0.165. The molecule has 0 aliphatic rings. The molecule has 172 valence electrons. The van der Waals surface area contributed by atoms with Crippen molar-refractivity contribution >= 4 is 11.9 Å². The van der Waals surface area contributed by atoms with E-state index in [-0.39, 0.29) is 23.4 Å². The lowest BCUT2D eigenvalue weighted by atomic mass is 9.84. The molecule has 0 unspecified atom stereocenters. The third kappa shape index (κ3) is 7.30. The molecule has 0 radical (unpaired) electrons. The molecule has 2 aromatic carbocycles. The summed E-state index contributed by atoms with van der Waals surface area (Å²) < 4.78 is 17.8. The van der Waals surface area contributed by atoms with Gasteiger partial charge in [-0.3, -0.25) is 4.79 Å². The van der Waals surface area contributed by atoms with Crippen LogP contribution in [0.5, 0.6) is 17.2 Å². The van der Waals surface area contributed by atoms with E-state index in [1.165, 1.54) is 0 Å². The molecule has 0 saturated carbocycles. The summed E-state index contributed by atoms with van der Waals surface area (Å²) in [7, 11) is 0. The summed E-state index contributed by atoms with van der Waals surface area (Å²) in [5.41, 5.74) is 2.31. The van der Waals surface area contributed by atoms with Crippen LogP contribution in [0.2, 0.25) is 0 Å². The Morgan fingerprint density at radius 2 is 1.50 bits per heavy atom. The molecule has 0 fully saturated rings. The van der Waals surface area contributed by atoms with Crippen LogP contribution < -0.4 is 14.2 Å². The highest BCUT2D eigenvalue weighted by atomic mass is 16.5. The van der Waals surface area contributed by atoms with Crippen molar-refractivity contribution in [3.8, 4) is 17.2 Å². The highest BCUT2D eigenvalue weighted by Crippen LogP contribution is 2.41. The summed E-state index contributed by atoms with van der Waals surface area (Å²) >= 11 is 0. The first-order valence-corrected chi connectivity index (χ1v) is 11.1. The second-order valence-electron chi connectivity index (χ2n) is 9.30. The van der Waals surface area contributed by atoms with Gasteiger partial charge in [0.05, 0.1) is 12.2 Å². The van der Waals surface area contributed by atoms with Gasteiger partial charge in [-0.15, -0.1) is 0 Å². The van der Waals surface area contributed by atoms with E-state index < -0.39 is 0 Å². The smallest absolute Gasteiger partial charge is 0.185 e. The van der Waals surface area contributed by atoms with Gasteiger partial charge in [-0.1, -0.05) is 39.5 Å². The predicted octanol–water partition coefficient (Wildman–Crippen LogP) is 7.02. The molecule has 4 nitrogen and oxygen atoms in total. The van der Waals surface area contributed by atoms with Crippen LogP contribution in [0.4, 0.5) is 0 Å². The molecule has 4 heteroatoms. The number of carbonyl (C=O) groups excluding carboxylic acids is 1. The fourth-order valence-corrected chi connectivity index (χ4v) is 3.28. The summed E-state index contributed by atoms with van der Waals surface area (Å²) in [4.78, 5) is 12.7. The maximum absolute atomic E-state index is 12.7. The van der Waals surface area contributed by atoms with Crippen molar-refractivity contribution in [3.63, 3.8) is 0 Å². The Morgan fingerprint density at radius 3 is 1.94 bits per heavy atom. The van der Waals surface area contributed by atoms with Crippen molar-refractivity contribution in [2.75, 3.05) is 6.61 Å². The maximum atomic E-state index is 12.7. The average molecular weight is 437 g/mol. The van der Waals surface area contributed by atoms with Gasteiger partial charge in [-0.05, 0) is 81.1 Å². The van der Waals surface area contributed by atoms with E-state index in [4.69, 9.17) is 14.2 Å². The van der Waals surface area contributed by atoms with E-state index in [2.05, 4.69) is 27.4 Å². The highest BCUT2D eigenvalue weighted by Gasteiger charge is 2.26. The van der Waals surface area contributed by atoms with E-state index in [1.54, 1.807) is 42.5 Å². The van der Waals surface area contributed by atoms with Crippen LogP contribution in [0, 0.1) is 0 Å². The van der Waals surface area contributed by atoms with Gasteiger partial charge < -0.3 is 14.2 Å². The molecular weight excluding hydrogens is 400 g/mol. The maximum Gasteiger partial charge on any atom is 0.185 e. The monoisotopic (exact) mass is 436 g/mol. The second kappa shape index (κ2) is 11.0. The second-order valence-corrected chi connectivity index (χ2v) is 9.30. The Kier molecular flexibility index (Phi) is 8.71. The molecule has 2 rings (SSSR count). The number of ether oxygens (including phenoxy) is 3. The van der Waals surface area contributed by atoms with E-state index in [9.17, 15) is 4.79 Å². The van der Waals surface area contributed by atoms with Crippen molar-refractivity contribution in [2.24, 2.45) is 0 Å². The lowest BCUT2D eigenvalue weighted by Gasteiger charge is -2.28. The Balaban J connectivity index is 2.38. The third-order valence-corrected chi connectivity index (χ3v) is 4.50. The lowest BCUT2D eigenvalue weighted by molar-refractivity contribution is 0.104. The zero-order valence-electron chi connectivity index (χ0n) is 20.4. The molecule has 0 aliphatic carbocycles. The molecule has 2 aromatic rings. The first-order chi connectivity index (χ1) is 15.0. The Labute approximate surface area is 192 Å². The molecule has 0 bridgehead atoms. The van der Waals surface area contributed by atoms with E-state index in [0.717, 1.165) is 22.6 Å². The fourth-order valence-electron chi connectivity index (χ4n) is 3.28. The fraction of sp³-hybridized carbons (Fsp3) is 0.393. The number of hydrogen-bond acceptors (Lipinski definition) is 4. The van der Waals surface area contributed by atoms with Crippen LogP contribution in [0.15, 0.2) is 55.1 Å². The van der Waals surface area contributed by atoms with Crippen LogP contribution >= 0.6 is 0 Å². The molecule has 0 atom stereocenters. The SMILES string of the molecule is C=CCOc1ccc(C(=O)/C=C/c2cc(OC(C)C)c(C(C)(C)C)c(OC(C)C)c2)cc1. The molecule has 0 aromatic heterocycles. The van der Waals surface area contributed by atoms with Gasteiger partial charge in [0.1, 0.15) is 23.9 Å². The quantitative estimate of drug-likeness (QED) is 0.228. The Bertz CT molecular complexity index is 913. The normalized spacial score (nSPS) is 11.8. The number of rotatable bonds is 10. The number of carbonyl (C=O) groups is 1. The average Bonchev–Trinajstić information content (AvgIpc) is 2.68. The number of allylic oxidation sites excluding steroid dienone is 1. The Morgan fingerprint density at radius 1 is 0.969 bits per heavy atom. The molecule has 0 saturated heterocycles. The third-order valence-electron chi connectivity index (χ3n) is 4.50. The van der Waals surface area contributed by atoms with Crippen molar-refractivity contribution in [1.82, 2.24) is 0 Å². The van der Waals surface area contributed by atoms with Crippen molar-refractivity contribution in [2.45, 2.75) is 66.1 Å². The van der Waals surface area contributed by atoms with Gasteiger partial charge >= 0.3 is 0 Å². The van der Waals surface area contributed by atoms with Crippen molar-refractivity contribution in [3.05, 3.63) is 71.8 Å². The van der Waals surface area contributed by atoms with Gasteiger partial charge in [-0.25, -0.2) is 0 Å². The van der Waals surface area contributed by atoms with Crippen molar-refractivity contribution < 1.29 is 19.0 Å². The lowest BCUT2D eigenvalue weighted by Crippen LogP contribution is -2.19. The number of hydrogen-bond donors (Lipinski definition) is 0. The van der Waals surface area contributed by atoms with Gasteiger partial charge in [0, 0.05) is 11.1 Å². The van der Waals surface area contributed by atoms with E-state index >= 15 is 0 Å². The van der Waals surface area contributed by atoms with Gasteiger partial charge in [-0.2, -0.15) is 0 Å². The molecular formula is C28H36O4. The van der Waals surface area contributed by atoms with Crippen LogP contribution in [0.3, 0.4) is 0 Å². The first-order valence-electron chi connectivity index (χ1n) is 11.1. The van der Waals surface area contributed by atoms with Crippen LogP contribution in [0.1, 0.15) is 70.0 Å². The highest BCUT2D eigenvalue weighted by molar-refractivity contribution is 6.06. The van der Waals surface area contributed by atoms with E-state index in [1.807, 2.05) is 39.8 Å². The number of ketones is 1. The van der Waals surface area contributed by atoms with Gasteiger partial charge in [0.15, 0.2) is 5.78 Å². The molecule has 0 amide bonds. The molecule has 0 spiro atoms. The zero-order chi connectivity index (χ0) is 23.9. The standard InChI is InChI=1S/C28H36O4/c1-9-16-30-23-13-11-22(12-14-23)24(29)15-10-21-17-25(31-19(2)3)27(28(6,7)8)26(18-21)32-20(4)5/h9-15,17-20H,1,16H2,2-8H3/b15-10+. The van der Waals surface area contributed by atoms with Crippen molar-refractivity contribution in [1.29, 1.82) is 0 Å². The predicted molar refractivity (Wildman–Crippen MR) is 132 cm³/mol. The summed E-state index contributed by atoms with van der Waals surface area (Å²) in [6.07, 6.45) is 5.10. The van der Waals surface area contributed by atoms with E-state index in [0.29, 0.717) is 17.9 Å². The molecule has 0 aliphatic heterocycles. The largest absolute Gasteiger partial charge is 0.491 e. The molecule has 32 heavy (non-hydrogen) atoms. The Hall–Kier alpha value is -3.01. The summed E-state index contributed by atoms with van der Waals surface area (Å²) in [6, 6.07) is 11.0. The summed E-state index contributed by atoms with van der Waals surface area (Å²) in [5, 5.41) is 0. The minimum absolute atomic E-state index is 0.0192. The molecule has 0 heterocycles. The minimum Gasteiger partial charge on any atom is -0.491 e. The van der Waals surface area contributed by atoms with Crippen LogP contribution in [-0.2, 0) is 5.41 Å². The zero-order valence-corrected chi connectivity index (χ0v) is 20.4. The van der Waals surface area contributed by atoms with Crippen LogP contribution in [-0.4, -0.2) is 24.6 Å². The number of benzene rings is 2. The first kappa shape index (κ1) is 25.3. The topological polar surface area (TPSA) is 44.8 Å². The molecule has 0 N–H and O–H groups in total.